The maximum absolute atomic E-state index is 12.4. The van der Waals surface area contributed by atoms with E-state index in [0.29, 0.717) is 23.0 Å². The van der Waals surface area contributed by atoms with Crippen LogP contribution < -0.4 is 10.1 Å². The Labute approximate surface area is 197 Å². The fourth-order valence-electron chi connectivity index (χ4n) is 4.05. The van der Waals surface area contributed by atoms with E-state index in [1.165, 1.54) is 0 Å². The third kappa shape index (κ3) is 5.14. The molecule has 6 nitrogen and oxygen atoms in total. The zero-order valence-electron chi connectivity index (χ0n) is 18.2. The minimum Gasteiger partial charge on any atom is -0.494 e. The van der Waals surface area contributed by atoms with E-state index in [4.69, 9.17) is 25.5 Å². The van der Waals surface area contributed by atoms with Crippen molar-refractivity contribution >= 4 is 34.8 Å². The van der Waals surface area contributed by atoms with Crippen LogP contribution in [0, 0.1) is 0 Å². The number of carbonyl (C=O) groups is 1. The van der Waals surface area contributed by atoms with Crippen LogP contribution in [0.3, 0.4) is 0 Å². The van der Waals surface area contributed by atoms with Crippen molar-refractivity contribution in [2.45, 2.75) is 6.42 Å². The van der Waals surface area contributed by atoms with Crippen LogP contribution in [0.1, 0.15) is 17.7 Å². The second kappa shape index (κ2) is 9.83. The summed E-state index contributed by atoms with van der Waals surface area (Å²) in [5.74, 6) is 2.00. The lowest BCUT2D eigenvalue weighted by molar-refractivity contribution is -0.110. The van der Waals surface area contributed by atoms with Crippen LogP contribution in [0.25, 0.3) is 23.0 Å². The van der Waals surface area contributed by atoms with Gasteiger partial charge in [0.1, 0.15) is 17.3 Å². The number of rotatable bonds is 7. The van der Waals surface area contributed by atoms with Crippen molar-refractivity contribution in [3.05, 3.63) is 70.9 Å². The quantitative estimate of drug-likeness (QED) is 0.385. The largest absolute Gasteiger partial charge is 0.494 e. The molecule has 170 valence electrons. The first-order valence-electron chi connectivity index (χ1n) is 11.1. The smallest absolute Gasteiger partial charge is 0.256 e. The normalized spacial score (nSPS) is 17.2. The van der Waals surface area contributed by atoms with Crippen LogP contribution >= 0.6 is 11.6 Å². The first-order valence-corrected chi connectivity index (χ1v) is 11.5. The second-order valence-electron chi connectivity index (χ2n) is 8.08. The lowest BCUT2D eigenvalue weighted by atomic mass is 10.1. The minimum absolute atomic E-state index is 0.166. The maximum Gasteiger partial charge on any atom is 0.256 e. The molecule has 33 heavy (non-hydrogen) atoms. The Morgan fingerprint density at radius 2 is 1.88 bits per heavy atom. The molecule has 2 aliphatic rings. The van der Waals surface area contributed by atoms with Gasteiger partial charge < -0.3 is 19.2 Å². The third-order valence-electron chi connectivity index (χ3n) is 5.81. The first kappa shape index (κ1) is 21.8. The van der Waals surface area contributed by atoms with Crippen molar-refractivity contribution < 1.29 is 18.7 Å². The third-order valence-corrected chi connectivity index (χ3v) is 6.04. The molecule has 7 heteroatoms. The summed E-state index contributed by atoms with van der Waals surface area (Å²) in [6, 6.07) is 17.0. The monoisotopic (exact) mass is 464 g/mol. The summed E-state index contributed by atoms with van der Waals surface area (Å²) < 4.78 is 17.2. The Bertz CT molecular complexity index is 1160. The topological polar surface area (TPSA) is 63.9 Å². The second-order valence-corrected chi connectivity index (χ2v) is 8.52. The highest BCUT2D eigenvalue weighted by Gasteiger charge is 2.24. The summed E-state index contributed by atoms with van der Waals surface area (Å²) in [6.07, 6.45) is 2.73. The SMILES string of the molecule is O=C1Nc2ccc(Cl)cc2C1=Cc1ccc(-c2ccc(OCCCN3CCOCC3)cc2)o1. The van der Waals surface area contributed by atoms with Crippen LogP contribution in [0.5, 0.6) is 5.75 Å². The Kier molecular flexibility index (Phi) is 6.48. The number of amides is 1. The molecule has 0 aliphatic carbocycles. The van der Waals surface area contributed by atoms with E-state index in [0.717, 1.165) is 67.6 Å². The predicted molar refractivity (Wildman–Crippen MR) is 129 cm³/mol. The zero-order valence-corrected chi connectivity index (χ0v) is 18.9. The van der Waals surface area contributed by atoms with E-state index >= 15 is 0 Å². The summed E-state index contributed by atoms with van der Waals surface area (Å²) in [5.41, 5.74) is 3.01. The molecule has 0 unspecified atom stereocenters. The number of hydrogen-bond acceptors (Lipinski definition) is 5. The van der Waals surface area contributed by atoms with Gasteiger partial charge in [-0.25, -0.2) is 0 Å². The van der Waals surface area contributed by atoms with Crippen LogP contribution in [-0.2, 0) is 9.53 Å². The van der Waals surface area contributed by atoms with Crippen molar-refractivity contribution in [2.24, 2.45) is 0 Å². The first-order chi connectivity index (χ1) is 16.2. The van der Waals surface area contributed by atoms with Crippen molar-refractivity contribution in [1.29, 1.82) is 0 Å². The molecule has 1 fully saturated rings. The number of anilines is 1. The van der Waals surface area contributed by atoms with E-state index < -0.39 is 0 Å². The van der Waals surface area contributed by atoms with Crippen LogP contribution in [0.4, 0.5) is 5.69 Å². The number of benzene rings is 2. The minimum atomic E-state index is -0.166. The van der Waals surface area contributed by atoms with Gasteiger partial charge in [-0.15, -0.1) is 0 Å². The number of hydrogen-bond donors (Lipinski definition) is 1. The van der Waals surface area contributed by atoms with Crippen LogP contribution in [-0.4, -0.2) is 50.3 Å². The lowest BCUT2D eigenvalue weighted by Gasteiger charge is -2.26. The molecule has 3 heterocycles. The zero-order chi connectivity index (χ0) is 22.6. The Morgan fingerprint density at radius 3 is 2.70 bits per heavy atom. The van der Waals surface area contributed by atoms with Gasteiger partial charge in [-0.3, -0.25) is 9.69 Å². The highest BCUT2D eigenvalue weighted by Crippen LogP contribution is 2.35. The molecule has 1 saturated heterocycles. The van der Waals surface area contributed by atoms with E-state index in [1.54, 1.807) is 24.3 Å². The van der Waals surface area contributed by atoms with Crippen molar-refractivity contribution in [3.8, 4) is 17.1 Å². The van der Waals surface area contributed by atoms with Gasteiger partial charge in [0.2, 0.25) is 0 Å². The van der Waals surface area contributed by atoms with Crippen molar-refractivity contribution in [1.82, 2.24) is 4.90 Å². The van der Waals surface area contributed by atoms with Gasteiger partial charge in [-0.05, 0) is 67.1 Å². The van der Waals surface area contributed by atoms with Gasteiger partial charge in [0.25, 0.3) is 5.91 Å². The maximum atomic E-state index is 12.4. The molecular weight excluding hydrogens is 440 g/mol. The molecule has 1 N–H and O–H groups in total. The van der Waals surface area contributed by atoms with Gasteiger partial charge in [-0.2, -0.15) is 0 Å². The summed E-state index contributed by atoms with van der Waals surface area (Å²) in [7, 11) is 0. The van der Waals surface area contributed by atoms with Crippen LogP contribution in [0.15, 0.2) is 59.0 Å². The number of ether oxygens (including phenoxy) is 2. The molecule has 5 rings (SSSR count). The molecule has 0 radical (unpaired) electrons. The number of halogens is 1. The van der Waals surface area contributed by atoms with E-state index in [2.05, 4.69) is 10.2 Å². The van der Waals surface area contributed by atoms with Gasteiger partial charge in [-0.1, -0.05) is 11.6 Å². The van der Waals surface area contributed by atoms with E-state index in [1.807, 2.05) is 36.4 Å². The van der Waals surface area contributed by atoms with Crippen LogP contribution in [0.2, 0.25) is 5.02 Å². The molecule has 2 aliphatic heterocycles. The molecule has 2 aromatic carbocycles. The van der Waals surface area contributed by atoms with Crippen molar-refractivity contribution in [3.63, 3.8) is 0 Å². The number of carbonyl (C=O) groups excluding carboxylic acids is 1. The molecule has 0 bridgehead atoms. The lowest BCUT2D eigenvalue weighted by Crippen LogP contribution is -2.37. The highest BCUT2D eigenvalue weighted by molar-refractivity contribution is 6.36. The summed E-state index contributed by atoms with van der Waals surface area (Å²) >= 11 is 6.11. The van der Waals surface area contributed by atoms with E-state index in [9.17, 15) is 4.79 Å². The summed E-state index contributed by atoms with van der Waals surface area (Å²) in [5, 5.41) is 3.43. The van der Waals surface area contributed by atoms with Gasteiger partial charge in [0.15, 0.2) is 0 Å². The number of morpholine rings is 1. The van der Waals surface area contributed by atoms with E-state index in [-0.39, 0.29) is 5.91 Å². The highest BCUT2D eigenvalue weighted by atomic mass is 35.5. The molecule has 0 atom stereocenters. The molecule has 0 spiro atoms. The average Bonchev–Trinajstić information content (AvgIpc) is 3.43. The Morgan fingerprint density at radius 1 is 1.06 bits per heavy atom. The standard InChI is InChI=1S/C26H25ClN2O4/c27-19-4-8-24-22(16-19)23(26(30)28-24)17-21-7-9-25(33-21)18-2-5-20(6-3-18)32-13-1-10-29-11-14-31-15-12-29/h2-9,16-17H,1,10-15H2,(H,28,30). The number of fused-ring (bicyclic) bond motifs is 1. The van der Waals surface area contributed by atoms with Gasteiger partial charge in [0.05, 0.1) is 25.4 Å². The molecule has 1 aromatic heterocycles. The molecule has 0 saturated carbocycles. The van der Waals surface area contributed by atoms with Crippen molar-refractivity contribution in [2.75, 3.05) is 44.8 Å². The van der Waals surface area contributed by atoms with Gasteiger partial charge in [0, 0.05) is 41.5 Å². The Balaban J connectivity index is 1.20. The molecule has 3 aromatic rings. The fourth-order valence-corrected chi connectivity index (χ4v) is 4.22. The summed E-state index contributed by atoms with van der Waals surface area (Å²) in [6.45, 7) is 5.36. The van der Waals surface area contributed by atoms with Gasteiger partial charge >= 0.3 is 0 Å². The number of nitrogens with one attached hydrogen (secondary N) is 1. The molecule has 1 amide bonds. The summed E-state index contributed by atoms with van der Waals surface area (Å²) in [4.78, 5) is 14.8. The molecular formula is C26H25ClN2O4. The average molecular weight is 465 g/mol. The number of furan rings is 1. The predicted octanol–water partition coefficient (Wildman–Crippen LogP) is 5.19. The number of nitrogens with zero attached hydrogens (tertiary/aromatic N) is 1. The Hall–Kier alpha value is -3.06. The fraction of sp³-hybridized carbons (Fsp3) is 0.269.